The topological polar surface area (TPSA) is 39.2 Å². The van der Waals surface area contributed by atoms with Crippen LogP contribution in [0.25, 0.3) is 0 Å². The van der Waals surface area contributed by atoms with Gasteiger partial charge in [0.1, 0.15) is 0 Å². The summed E-state index contributed by atoms with van der Waals surface area (Å²) in [6, 6.07) is 0. The Kier molecular flexibility index (Phi) is 3.87. The van der Waals surface area contributed by atoms with E-state index in [1.165, 1.54) is 30.7 Å². The van der Waals surface area contributed by atoms with E-state index >= 15 is 0 Å². The predicted molar refractivity (Wildman–Crippen MR) is 75.3 cm³/mol. The van der Waals surface area contributed by atoms with Gasteiger partial charge < -0.3 is 4.74 Å². The number of thiazole rings is 1. The van der Waals surface area contributed by atoms with Crippen molar-refractivity contribution >= 4 is 17.3 Å². The standard InChI is InChI=1S/C15H21NO2S/c1-2-18-14(17)6-5-12-9-19-15(16-12)13-8-10-3-4-11(13)7-10/h9-11,13H,2-8H2,1H3. The first kappa shape index (κ1) is 13.1. The van der Waals surface area contributed by atoms with Crippen LogP contribution in [0, 0.1) is 11.8 Å². The van der Waals surface area contributed by atoms with Crippen LogP contribution in [0.1, 0.15) is 55.6 Å². The fraction of sp³-hybridized carbons (Fsp3) is 0.733. The van der Waals surface area contributed by atoms with Gasteiger partial charge >= 0.3 is 5.97 Å². The number of hydrogen-bond acceptors (Lipinski definition) is 4. The van der Waals surface area contributed by atoms with Crippen LogP contribution in [0.2, 0.25) is 0 Å². The fourth-order valence-electron chi connectivity index (χ4n) is 3.62. The zero-order chi connectivity index (χ0) is 13.2. The van der Waals surface area contributed by atoms with Gasteiger partial charge in [0.2, 0.25) is 0 Å². The molecule has 0 radical (unpaired) electrons. The van der Waals surface area contributed by atoms with Crippen molar-refractivity contribution in [1.82, 2.24) is 4.98 Å². The second-order valence-corrected chi connectivity index (χ2v) is 6.65. The van der Waals surface area contributed by atoms with Crippen LogP contribution in [0.15, 0.2) is 5.38 Å². The molecule has 3 nitrogen and oxygen atoms in total. The quantitative estimate of drug-likeness (QED) is 0.774. The summed E-state index contributed by atoms with van der Waals surface area (Å²) in [5, 5.41) is 3.44. The Morgan fingerprint density at radius 3 is 3.05 bits per heavy atom. The first-order chi connectivity index (χ1) is 9.26. The van der Waals surface area contributed by atoms with Gasteiger partial charge in [-0.15, -0.1) is 11.3 Å². The third-order valence-corrected chi connectivity index (χ3v) is 5.54. The lowest BCUT2D eigenvalue weighted by molar-refractivity contribution is -0.143. The van der Waals surface area contributed by atoms with Crippen molar-refractivity contribution in [2.45, 2.75) is 51.4 Å². The number of carbonyl (C=O) groups excluding carboxylic acids is 1. The molecule has 0 amide bonds. The minimum atomic E-state index is -0.114. The zero-order valence-corrected chi connectivity index (χ0v) is 12.2. The second-order valence-electron chi connectivity index (χ2n) is 5.76. The third kappa shape index (κ3) is 2.83. The molecular formula is C15H21NO2S. The first-order valence-electron chi connectivity index (χ1n) is 7.36. The van der Waals surface area contributed by atoms with Gasteiger partial charge in [0.15, 0.2) is 0 Å². The van der Waals surface area contributed by atoms with Gasteiger partial charge in [-0.3, -0.25) is 4.79 Å². The third-order valence-electron chi connectivity index (χ3n) is 4.52. The summed E-state index contributed by atoms with van der Waals surface area (Å²) < 4.78 is 4.95. The monoisotopic (exact) mass is 279 g/mol. The van der Waals surface area contributed by atoms with Crippen LogP contribution < -0.4 is 0 Å². The number of ether oxygens (including phenoxy) is 1. The van der Waals surface area contributed by atoms with E-state index in [1.54, 1.807) is 11.3 Å². The van der Waals surface area contributed by atoms with Crippen LogP contribution in [-0.2, 0) is 16.0 Å². The molecule has 2 bridgehead atoms. The smallest absolute Gasteiger partial charge is 0.306 e. The van der Waals surface area contributed by atoms with Crippen molar-refractivity contribution in [3.8, 4) is 0 Å². The summed E-state index contributed by atoms with van der Waals surface area (Å²) in [5.74, 6) is 2.44. The molecule has 3 atom stereocenters. The molecule has 0 saturated heterocycles. The van der Waals surface area contributed by atoms with E-state index in [1.807, 2.05) is 6.92 Å². The van der Waals surface area contributed by atoms with E-state index < -0.39 is 0 Å². The van der Waals surface area contributed by atoms with Crippen molar-refractivity contribution in [2.24, 2.45) is 11.8 Å². The van der Waals surface area contributed by atoms with Crippen molar-refractivity contribution in [1.29, 1.82) is 0 Å². The lowest BCUT2D eigenvalue weighted by Gasteiger charge is -2.18. The van der Waals surface area contributed by atoms with Gasteiger partial charge in [-0.2, -0.15) is 0 Å². The van der Waals surface area contributed by atoms with E-state index in [-0.39, 0.29) is 5.97 Å². The number of rotatable bonds is 5. The molecule has 0 spiro atoms. The SMILES string of the molecule is CCOC(=O)CCc1csc(C2CC3CCC2C3)n1. The highest BCUT2D eigenvalue weighted by molar-refractivity contribution is 7.09. The number of esters is 1. The fourth-order valence-corrected chi connectivity index (χ4v) is 4.68. The molecule has 1 heterocycles. The van der Waals surface area contributed by atoms with Crippen LogP contribution >= 0.6 is 11.3 Å². The number of hydrogen-bond donors (Lipinski definition) is 0. The summed E-state index contributed by atoms with van der Waals surface area (Å²) in [6.45, 7) is 2.31. The maximum atomic E-state index is 11.3. The van der Waals surface area contributed by atoms with Crippen LogP contribution in [0.3, 0.4) is 0 Å². The maximum Gasteiger partial charge on any atom is 0.306 e. The van der Waals surface area contributed by atoms with Gasteiger partial charge in [-0.05, 0) is 38.0 Å². The molecule has 2 aliphatic carbocycles. The molecule has 3 unspecified atom stereocenters. The summed E-state index contributed by atoms with van der Waals surface area (Å²) in [6.07, 6.45) is 6.76. The average Bonchev–Trinajstić information content (AvgIpc) is 3.12. The normalized spacial score (nSPS) is 28.8. The van der Waals surface area contributed by atoms with E-state index in [0.29, 0.717) is 18.9 Å². The zero-order valence-electron chi connectivity index (χ0n) is 11.4. The van der Waals surface area contributed by atoms with Crippen LogP contribution in [-0.4, -0.2) is 17.6 Å². The molecule has 0 aliphatic heterocycles. The highest BCUT2D eigenvalue weighted by Crippen LogP contribution is 2.53. The Balaban J connectivity index is 1.56. The lowest BCUT2D eigenvalue weighted by Crippen LogP contribution is -2.08. The van der Waals surface area contributed by atoms with Gasteiger partial charge in [-0.1, -0.05) is 6.42 Å². The van der Waals surface area contributed by atoms with Crippen LogP contribution in [0.5, 0.6) is 0 Å². The van der Waals surface area contributed by atoms with E-state index in [2.05, 4.69) is 5.38 Å². The maximum absolute atomic E-state index is 11.3. The Hall–Kier alpha value is -0.900. The minimum Gasteiger partial charge on any atom is -0.466 e. The van der Waals surface area contributed by atoms with Crippen molar-refractivity contribution in [3.63, 3.8) is 0 Å². The molecule has 1 aromatic heterocycles. The number of fused-ring (bicyclic) bond motifs is 2. The molecule has 4 heteroatoms. The van der Waals surface area contributed by atoms with Crippen molar-refractivity contribution in [3.05, 3.63) is 16.1 Å². The van der Waals surface area contributed by atoms with Gasteiger partial charge in [0.25, 0.3) is 0 Å². The molecule has 104 valence electrons. The predicted octanol–water partition coefficient (Wildman–Crippen LogP) is 3.54. The van der Waals surface area contributed by atoms with Crippen molar-refractivity contribution in [2.75, 3.05) is 6.61 Å². The Morgan fingerprint density at radius 1 is 1.47 bits per heavy atom. The molecule has 2 aliphatic rings. The minimum absolute atomic E-state index is 0.114. The molecule has 0 N–H and O–H groups in total. The molecule has 0 aromatic carbocycles. The molecular weight excluding hydrogens is 258 g/mol. The number of aromatic nitrogens is 1. The molecule has 19 heavy (non-hydrogen) atoms. The van der Waals surface area contributed by atoms with Crippen LogP contribution in [0.4, 0.5) is 0 Å². The summed E-state index contributed by atoms with van der Waals surface area (Å²) in [7, 11) is 0. The summed E-state index contributed by atoms with van der Waals surface area (Å²) >= 11 is 1.79. The Morgan fingerprint density at radius 2 is 2.37 bits per heavy atom. The lowest BCUT2D eigenvalue weighted by atomic mass is 9.89. The van der Waals surface area contributed by atoms with Gasteiger partial charge in [0.05, 0.1) is 23.7 Å². The van der Waals surface area contributed by atoms with E-state index in [0.717, 1.165) is 24.0 Å². The molecule has 3 rings (SSSR count). The highest BCUT2D eigenvalue weighted by atomic mass is 32.1. The number of nitrogens with zero attached hydrogens (tertiary/aromatic N) is 1. The Bertz CT molecular complexity index is 457. The second kappa shape index (κ2) is 5.61. The first-order valence-corrected chi connectivity index (χ1v) is 8.24. The van der Waals surface area contributed by atoms with E-state index in [9.17, 15) is 4.79 Å². The number of aryl methyl sites for hydroxylation is 1. The summed E-state index contributed by atoms with van der Waals surface area (Å²) in [4.78, 5) is 16.1. The summed E-state index contributed by atoms with van der Waals surface area (Å²) in [5.41, 5.74) is 1.07. The molecule has 1 aromatic rings. The van der Waals surface area contributed by atoms with Crippen molar-refractivity contribution < 1.29 is 9.53 Å². The largest absolute Gasteiger partial charge is 0.466 e. The Labute approximate surface area is 118 Å². The molecule has 2 fully saturated rings. The van der Waals surface area contributed by atoms with Gasteiger partial charge in [-0.25, -0.2) is 4.98 Å². The van der Waals surface area contributed by atoms with Gasteiger partial charge in [0, 0.05) is 17.7 Å². The average molecular weight is 279 g/mol. The highest BCUT2D eigenvalue weighted by Gasteiger charge is 2.41. The van der Waals surface area contributed by atoms with E-state index in [4.69, 9.17) is 9.72 Å². The number of carbonyl (C=O) groups is 1. The molecule has 2 saturated carbocycles.